The van der Waals surface area contributed by atoms with Crippen LogP contribution in [0.25, 0.3) is 10.8 Å². The highest BCUT2D eigenvalue weighted by atomic mass is 16.1. The van der Waals surface area contributed by atoms with Gasteiger partial charge in [0.2, 0.25) is 5.91 Å². The number of benzene rings is 1. The molecule has 0 fully saturated rings. The maximum absolute atomic E-state index is 12.3. The zero-order chi connectivity index (χ0) is 15.9. The van der Waals surface area contributed by atoms with E-state index in [1.54, 1.807) is 16.8 Å². The van der Waals surface area contributed by atoms with E-state index >= 15 is 0 Å². The molecule has 1 heterocycles. The smallest absolute Gasteiger partial charge is 0.258 e. The molecule has 0 unspecified atom stereocenters. The van der Waals surface area contributed by atoms with Crippen molar-refractivity contribution in [3.05, 3.63) is 59.0 Å². The highest BCUT2D eigenvalue weighted by Gasteiger charge is 2.01. The van der Waals surface area contributed by atoms with Crippen LogP contribution in [0.15, 0.2) is 53.5 Å². The third-order valence-electron chi connectivity index (χ3n) is 3.48. The van der Waals surface area contributed by atoms with E-state index in [0.717, 1.165) is 11.8 Å². The van der Waals surface area contributed by atoms with Gasteiger partial charge in [-0.3, -0.25) is 9.59 Å². The first kappa shape index (κ1) is 16.0. The predicted molar refractivity (Wildman–Crippen MR) is 89.8 cm³/mol. The summed E-state index contributed by atoms with van der Waals surface area (Å²) in [4.78, 5) is 23.9. The molecule has 0 radical (unpaired) electrons. The lowest BCUT2D eigenvalue weighted by molar-refractivity contribution is -0.116. The molecular weight excluding hydrogens is 276 g/mol. The van der Waals surface area contributed by atoms with Gasteiger partial charge in [0.1, 0.15) is 0 Å². The Bertz CT molecular complexity index is 729. The number of carbonyl (C=O) groups is 1. The molecule has 0 saturated carbocycles. The van der Waals surface area contributed by atoms with E-state index in [9.17, 15) is 9.59 Å². The second-order valence-electron chi connectivity index (χ2n) is 5.74. The highest BCUT2D eigenvalue weighted by Crippen LogP contribution is 2.07. The van der Waals surface area contributed by atoms with Crippen LogP contribution in [0.2, 0.25) is 0 Å². The standard InChI is InChI=1S/C18H22N2O2/c1-14(2)9-11-19-17(21)8-5-12-20-13-10-15-6-3-4-7-16(15)18(20)22/h3-8,10,13-14H,9,11-12H2,1-2H3,(H,19,21)/b8-5+. The van der Waals surface area contributed by atoms with Crippen molar-refractivity contribution >= 4 is 16.7 Å². The summed E-state index contributed by atoms with van der Waals surface area (Å²) in [5.74, 6) is 0.454. The van der Waals surface area contributed by atoms with Gasteiger partial charge in [-0.15, -0.1) is 0 Å². The monoisotopic (exact) mass is 298 g/mol. The minimum absolute atomic E-state index is 0.0389. The van der Waals surface area contributed by atoms with Gasteiger partial charge >= 0.3 is 0 Å². The summed E-state index contributed by atoms with van der Waals surface area (Å²) in [5, 5.41) is 4.46. The van der Waals surface area contributed by atoms with Crippen LogP contribution in [0, 0.1) is 5.92 Å². The molecule has 0 bridgehead atoms. The predicted octanol–water partition coefficient (Wildman–Crippen LogP) is 2.72. The van der Waals surface area contributed by atoms with Gasteiger partial charge in [-0.2, -0.15) is 0 Å². The maximum atomic E-state index is 12.3. The normalized spacial score (nSPS) is 11.4. The van der Waals surface area contributed by atoms with Crippen molar-refractivity contribution in [2.24, 2.45) is 5.92 Å². The Morgan fingerprint density at radius 2 is 2.05 bits per heavy atom. The lowest BCUT2D eigenvalue weighted by Crippen LogP contribution is -2.23. The molecule has 1 amide bonds. The first-order chi connectivity index (χ1) is 10.6. The van der Waals surface area contributed by atoms with Gasteiger partial charge in [0.15, 0.2) is 0 Å². The van der Waals surface area contributed by atoms with Crippen molar-refractivity contribution in [2.45, 2.75) is 26.8 Å². The Morgan fingerprint density at radius 1 is 1.27 bits per heavy atom. The van der Waals surface area contributed by atoms with Crippen LogP contribution in [0.4, 0.5) is 0 Å². The number of amides is 1. The summed E-state index contributed by atoms with van der Waals surface area (Å²) in [6.07, 6.45) is 5.91. The minimum atomic E-state index is -0.116. The van der Waals surface area contributed by atoms with Gasteiger partial charge in [0, 0.05) is 30.7 Å². The van der Waals surface area contributed by atoms with Crippen LogP contribution < -0.4 is 10.9 Å². The largest absolute Gasteiger partial charge is 0.353 e. The number of nitrogens with one attached hydrogen (secondary N) is 1. The van der Waals surface area contributed by atoms with Crippen molar-refractivity contribution in [3.63, 3.8) is 0 Å². The van der Waals surface area contributed by atoms with Crippen LogP contribution in [-0.4, -0.2) is 17.0 Å². The zero-order valence-electron chi connectivity index (χ0n) is 13.1. The van der Waals surface area contributed by atoms with Crippen molar-refractivity contribution in [1.82, 2.24) is 9.88 Å². The van der Waals surface area contributed by atoms with E-state index in [0.29, 0.717) is 24.4 Å². The Labute approximate surface area is 130 Å². The van der Waals surface area contributed by atoms with Gasteiger partial charge in [0.25, 0.3) is 5.56 Å². The number of hydrogen-bond donors (Lipinski definition) is 1. The number of nitrogens with zero attached hydrogens (tertiary/aromatic N) is 1. The highest BCUT2D eigenvalue weighted by molar-refractivity contribution is 5.87. The summed E-state index contributed by atoms with van der Waals surface area (Å²) in [6, 6.07) is 9.41. The Balaban J connectivity index is 1.97. The lowest BCUT2D eigenvalue weighted by atomic mass is 10.1. The van der Waals surface area contributed by atoms with Gasteiger partial charge in [-0.05, 0) is 29.9 Å². The number of aromatic nitrogens is 1. The van der Waals surface area contributed by atoms with Crippen LogP contribution in [-0.2, 0) is 11.3 Å². The molecule has 0 atom stereocenters. The molecule has 1 aromatic heterocycles. The Kier molecular flexibility index (Phi) is 5.53. The first-order valence-electron chi connectivity index (χ1n) is 7.60. The van der Waals surface area contributed by atoms with Gasteiger partial charge in [-0.25, -0.2) is 0 Å². The van der Waals surface area contributed by atoms with Crippen LogP contribution in [0.3, 0.4) is 0 Å². The fourth-order valence-electron chi connectivity index (χ4n) is 2.19. The Morgan fingerprint density at radius 3 is 2.82 bits per heavy atom. The van der Waals surface area contributed by atoms with Crippen molar-refractivity contribution in [3.8, 4) is 0 Å². The van der Waals surface area contributed by atoms with Gasteiger partial charge < -0.3 is 9.88 Å². The van der Waals surface area contributed by atoms with Crippen molar-refractivity contribution in [1.29, 1.82) is 0 Å². The molecule has 1 N–H and O–H groups in total. The Hall–Kier alpha value is -2.36. The fourth-order valence-corrected chi connectivity index (χ4v) is 2.19. The second kappa shape index (κ2) is 7.59. The third kappa shape index (κ3) is 4.32. The molecule has 2 aromatic rings. The van der Waals surface area contributed by atoms with E-state index in [4.69, 9.17) is 0 Å². The molecule has 0 aliphatic carbocycles. The van der Waals surface area contributed by atoms with Gasteiger partial charge in [-0.1, -0.05) is 38.1 Å². The van der Waals surface area contributed by atoms with Crippen LogP contribution in [0.5, 0.6) is 0 Å². The molecular formula is C18H22N2O2. The molecule has 4 heteroatoms. The number of fused-ring (bicyclic) bond motifs is 1. The number of carbonyl (C=O) groups excluding carboxylic acids is 1. The average molecular weight is 298 g/mol. The summed E-state index contributed by atoms with van der Waals surface area (Å²) >= 11 is 0. The van der Waals surface area contributed by atoms with Crippen LogP contribution in [0.1, 0.15) is 20.3 Å². The zero-order valence-corrected chi connectivity index (χ0v) is 13.1. The van der Waals surface area contributed by atoms with Crippen molar-refractivity contribution < 1.29 is 4.79 Å². The molecule has 116 valence electrons. The summed E-state index contributed by atoms with van der Waals surface area (Å²) in [5.41, 5.74) is -0.0389. The molecule has 0 aliphatic rings. The molecule has 0 saturated heterocycles. The minimum Gasteiger partial charge on any atom is -0.353 e. The van der Waals surface area contributed by atoms with E-state index in [-0.39, 0.29) is 11.5 Å². The quantitative estimate of drug-likeness (QED) is 0.834. The van der Waals surface area contributed by atoms with E-state index in [2.05, 4.69) is 19.2 Å². The molecule has 4 nitrogen and oxygen atoms in total. The maximum Gasteiger partial charge on any atom is 0.258 e. The van der Waals surface area contributed by atoms with Crippen molar-refractivity contribution in [2.75, 3.05) is 6.54 Å². The molecule has 1 aromatic carbocycles. The summed E-state index contributed by atoms with van der Waals surface area (Å²) < 4.78 is 1.60. The lowest BCUT2D eigenvalue weighted by Gasteiger charge is -2.05. The number of rotatable bonds is 6. The number of pyridine rings is 1. The third-order valence-corrected chi connectivity index (χ3v) is 3.48. The van der Waals surface area contributed by atoms with E-state index < -0.39 is 0 Å². The molecule has 0 spiro atoms. The summed E-state index contributed by atoms with van der Waals surface area (Å²) in [7, 11) is 0. The SMILES string of the molecule is CC(C)CCNC(=O)/C=C/Cn1ccc2ccccc2c1=O. The molecule has 22 heavy (non-hydrogen) atoms. The van der Waals surface area contributed by atoms with E-state index in [1.807, 2.05) is 30.3 Å². The second-order valence-corrected chi connectivity index (χ2v) is 5.74. The fraction of sp³-hybridized carbons (Fsp3) is 0.333. The van der Waals surface area contributed by atoms with Gasteiger partial charge in [0.05, 0.1) is 0 Å². The first-order valence-corrected chi connectivity index (χ1v) is 7.60. The summed E-state index contributed by atoms with van der Waals surface area (Å²) in [6.45, 7) is 5.31. The number of hydrogen-bond acceptors (Lipinski definition) is 2. The average Bonchev–Trinajstić information content (AvgIpc) is 2.49. The van der Waals surface area contributed by atoms with Crippen LogP contribution >= 0.6 is 0 Å². The topological polar surface area (TPSA) is 51.1 Å². The van der Waals surface area contributed by atoms with E-state index in [1.165, 1.54) is 6.08 Å². The molecule has 0 aliphatic heterocycles. The molecule has 2 rings (SSSR count). The number of allylic oxidation sites excluding steroid dienone is 1.